The van der Waals surface area contributed by atoms with Gasteiger partial charge in [-0.1, -0.05) is 26.2 Å². The third-order valence-electron chi connectivity index (χ3n) is 4.46. The van der Waals surface area contributed by atoms with Crippen LogP contribution in [0, 0.1) is 5.41 Å². The highest BCUT2D eigenvalue weighted by Gasteiger charge is 2.37. The van der Waals surface area contributed by atoms with E-state index in [4.69, 9.17) is 5.73 Å². The minimum Gasteiger partial charge on any atom is -0.330 e. The number of hydrogen-bond donors (Lipinski definition) is 1. The van der Waals surface area contributed by atoms with E-state index in [0.717, 1.165) is 12.6 Å². The predicted molar refractivity (Wildman–Crippen MR) is 69.5 cm³/mol. The van der Waals surface area contributed by atoms with Gasteiger partial charge in [0.15, 0.2) is 0 Å². The first-order valence-electron chi connectivity index (χ1n) is 7.24. The van der Waals surface area contributed by atoms with Crippen molar-refractivity contribution in [3.05, 3.63) is 0 Å². The molecule has 0 radical (unpaired) electrons. The molecule has 0 aromatic heterocycles. The van der Waals surface area contributed by atoms with Gasteiger partial charge in [-0.15, -0.1) is 0 Å². The van der Waals surface area contributed by atoms with Crippen LogP contribution >= 0.6 is 0 Å². The van der Waals surface area contributed by atoms with Gasteiger partial charge in [0.25, 0.3) is 0 Å². The van der Waals surface area contributed by atoms with Crippen LogP contribution in [0.5, 0.6) is 0 Å². The first kappa shape index (κ1) is 12.4. The summed E-state index contributed by atoms with van der Waals surface area (Å²) in [5.41, 5.74) is 6.54. The van der Waals surface area contributed by atoms with Crippen LogP contribution in [0.4, 0.5) is 0 Å². The minimum absolute atomic E-state index is 0.468. The molecule has 0 spiro atoms. The lowest BCUT2D eigenvalue weighted by molar-refractivity contribution is 0.106. The number of nitrogens with zero attached hydrogens (tertiary/aromatic N) is 1. The van der Waals surface area contributed by atoms with Crippen LogP contribution in [0.1, 0.15) is 58.3 Å². The highest BCUT2D eigenvalue weighted by molar-refractivity contribution is 4.92. The van der Waals surface area contributed by atoms with Crippen LogP contribution in [-0.4, -0.2) is 30.6 Å². The molecule has 94 valence electrons. The summed E-state index contributed by atoms with van der Waals surface area (Å²) < 4.78 is 0. The number of rotatable bonds is 6. The van der Waals surface area contributed by atoms with Crippen molar-refractivity contribution in [2.75, 3.05) is 19.6 Å². The van der Waals surface area contributed by atoms with Crippen molar-refractivity contribution in [2.24, 2.45) is 11.1 Å². The van der Waals surface area contributed by atoms with Crippen molar-refractivity contribution < 1.29 is 0 Å². The van der Waals surface area contributed by atoms with Gasteiger partial charge in [-0.05, 0) is 50.6 Å². The fraction of sp³-hybridized carbons (Fsp3) is 1.00. The molecule has 0 atom stereocenters. The Bertz CT molecular complexity index is 205. The second-order valence-electron chi connectivity index (χ2n) is 5.97. The molecule has 0 amide bonds. The first-order valence-corrected chi connectivity index (χ1v) is 7.24. The fourth-order valence-corrected chi connectivity index (χ4v) is 3.28. The quantitative estimate of drug-likeness (QED) is 0.751. The highest BCUT2D eigenvalue weighted by Crippen LogP contribution is 2.38. The van der Waals surface area contributed by atoms with Crippen molar-refractivity contribution >= 4 is 0 Å². The molecule has 2 rings (SSSR count). The Kier molecular flexibility index (Phi) is 4.26. The van der Waals surface area contributed by atoms with Gasteiger partial charge in [0.2, 0.25) is 0 Å². The molecular weight excluding hydrogens is 196 g/mol. The third kappa shape index (κ3) is 2.98. The van der Waals surface area contributed by atoms with E-state index in [2.05, 4.69) is 11.8 Å². The molecule has 2 N–H and O–H groups in total. The Labute approximate surface area is 101 Å². The second kappa shape index (κ2) is 5.50. The molecule has 0 aromatic carbocycles. The SMILES string of the molecule is CCCN(CC1(CN)CCCCC1)C1CC1. The molecule has 2 heteroatoms. The van der Waals surface area contributed by atoms with E-state index in [0.29, 0.717) is 5.41 Å². The smallest absolute Gasteiger partial charge is 0.00966 e. The third-order valence-corrected chi connectivity index (χ3v) is 4.46. The Morgan fingerprint density at radius 3 is 2.38 bits per heavy atom. The Morgan fingerprint density at radius 2 is 1.88 bits per heavy atom. The number of nitrogens with two attached hydrogens (primary N) is 1. The molecule has 0 saturated heterocycles. The standard InChI is InChI=1S/C14H28N2/c1-2-10-16(13-6-7-13)12-14(11-15)8-4-3-5-9-14/h13H,2-12,15H2,1H3. The van der Waals surface area contributed by atoms with Crippen molar-refractivity contribution in [3.63, 3.8) is 0 Å². The van der Waals surface area contributed by atoms with E-state index in [-0.39, 0.29) is 0 Å². The van der Waals surface area contributed by atoms with Gasteiger partial charge in [0.05, 0.1) is 0 Å². The molecular formula is C14H28N2. The molecule has 0 unspecified atom stereocenters. The van der Waals surface area contributed by atoms with Gasteiger partial charge < -0.3 is 5.73 Å². The summed E-state index contributed by atoms with van der Waals surface area (Å²) in [4.78, 5) is 2.73. The van der Waals surface area contributed by atoms with Crippen LogP contribution in [0.25, 0.3) is 0 Å². The van der Waals surface area contributed by atoms with E-state index < -0.39 is 0 Å². The van der Waals surface area contributed by atoms with Crippen LogP contribution in [0.3, 0.4) is 0 Å². The van der Waals surface area contributed by atoms with E-state index in [1.807, 2.05) is 0 Å². The van der Waals surface area contributed by atoms with E-state index in [9.17, 15) is 0 Å². The maximum Gasteiger partial charge on any atom is 0.00966 e. The largest absolute Gasteiger partial charge is 0.330 e. The molecule has 0 bridgehead atoms. The van der Waals surface area contributed by atoms with Crippen molar-refractivity contribution in [1.82, 2.24) is 4.90 Å². The monoisotopic (exact) mass is 224 g/mol. The summed E-state index contributed by atoms with van der Waals surface area (Å²) >= 11 is 0. The lowest BCUT2D eigenvalue weighted by Crippen LogP contribution is -2.45. The summed E-state index contributed by atoms with van der Waals surface area (Å²) in [6.45, 7) is 5.76. The van der Waals surface area contributed by atoms with Gasteiger partial charge in [0.1, 0.15) is 0 Å². The predicted octanol–water partition coefficient (Wildman–Crippen LogP) is 2.77. The molecule has 16 heavy (non-hydrogen) atoms. The molecule has 2 saturated carbocycles. The summed E-state index contributed by atoms with van der Waals surface area (Å²) in [7, 11) is 0. The minimum atomic E-state index is 0.468. The summed E-state index contributed by atoms with van der Waals surface area (Å²) in [5, 5.41) is 0. The van der Waals surface area contributed by atoms with E-state index in [1.165, 1.54) is 64.5 Å². The zero-order chi connectivity index (χ0) is 11.4. The Balaban J connectivity index is 1.91. The van der Waals surface area contributed by atoms with Gasteiger partial charge >= 0.3 is 0 Å². The average molecular weight is 224 g/mol. The maximum atomic E-state index is 6.08. The molecule has 0 heterocycles. The Hall–Kier alpha value is -0.0800. The van der Waals surface area contributed by atoms with E-state index >= 15 is 0 Å². The molecule has 2 fully saturated rings. The molecule has 2 nitrogen and oxygen atoms in total. The lowest BCUT2D eigenvalue weighted by atomic mass is 9.73. The van der Waals surface area contributed by atoms with Crippen LogP contribution < -0.4 is 5.73 Å². The second-order valence-corrected chi connectivity index (χ2v) is 5.97. The summed E-state index contributed by atoms with van der Waals surface area (Å²) in [6, 6.07) is 0.908. The van der Waals surface area contributed by atoms with Crippen molar-refractivity contribution in [1.29, 1.82) is 0 Å². The topological polar surface area (TPSA) is 29.3 Å². The zero-order valence-electron chi connectivity index (χ0n) is 10.9. The highest BCUT2D eigenvalue weighted by atomic mass is 15.2. The van der Waals surface area contributed by atoms with Gasteiger partial charge in [-0.3, -0.25) is 4.90 Å². The van der Waals surface area contributed by atoms with Crippen LogP contribution in [-0.2, 0) is 0 Å². The number of hydrogen-bond acceptors (Lipinski definition) is 2. The van der Waals surface area contributed by atoms with Gasteiger partial charge in [-0.25, -0.2) is 0 Å². The summed E-state index contributed by atoms with van der Waals surface area (Å²) in [5.74, 6) is 0. The van der Waals surface area contributed by atoms with Crippen molar-refractivity contribution in [2.45, 2.75) is 64.3 Å². The van der Waals surface area contributed by atoms with Crippen molar-refractivity contribution in [3.8, 4) is 0 Å². The molecule has 2 aliphatic rings. The summed E-state index contributed by atoms with van der Waals surface area (Å²) in [6.07, 6.45) is 11.1. The van der Waals surface area contributed by atoms with Crippen LogP contribution in [0.15, 0.2) is 0 Å². The normalized spacial score (nSPS) is 24.9. The Morgan fingerprint density at radius 1 is 1.19 bits per heavy atom. The molecule has 0 aliphatic heterocycles. The lowest BCUT2D eigenvalue weighted by Gasteiger charge is -2.40. The maximum absolute atomic E-state index is 6.08. The first-order chi connectivity index (χ1) is 7.79. The fourth-order valence-electron chi connectivity index (χ4n) is 3.28. The average Bonchev–Trinajstić information content (AvgIpc) is 3.14. The van der Waals surface area contributed by atoms with E-state index in [1.54, 1.807) is 0 Å². The molecule has 2 aliphatic carbocycles. The zero-order valence-corrected chi connectivity index (χ0v) is 10.9. The van der Waals surface area contributed by atoms with Gasteiger partial charge in [0, 0.05) is 12.6 Å². The molecule has 0 aromatic rings. The van der Waals surface area contributed by atoms with Gasteiger partial charge in [-0.2, -0.15) is 0 Å². The van der Waals surface area contributed by atoms with Crippen LogP contribution in [0.2, 0.25) is 0 Å².